The molecular formula is C23H26N4O2S4. The largest absolute Gasteiger partial charge is 0.356 e. The van der Waals surface area contributed by atoms with Crippen LogP contribution in [-0.2, 0) is 9.59 Å². The number of aryl methyl sites for hydroxylation is 1. The molecule has 0 radical (unpaired) electrons. The second kappa shape index (κ2) is 16.5. The second-order valence-corrected chi connectivity index (χ2v) is 11.0. The molecule has 3 rings (SSSR count). The number of carbonyl (C=O) groups is 2. The first-order valence-corrected chi connectivity index (χ1v) is 14.7. The van der Waals surface area contributed by atoms with Gasteiger partial charge in [-0.3, -0.25) is 9.59 Å². The molecular weight excluding hydrogens is 493 g/mol. The molecule has 0 bridgehead atoms. The highest BCUT2D eigenvalue weighted by atomic mass is 33.1. The van der Waals surface area contributed by atoms with Crippen LogP contribution in [0, 0.1) is 6.92 Å². The van der Waals surface area contributed by atoms with Crippen molar-refractivity contribution in [1.82, 2.24) is 15.3 Å². The minimum atomic E-state index is -0.00251. The third-order valence-electron chi connectivity index (χ3n) is 3.65. The minimum Gasteiger partial charge on any atom is -0.356 e. The molecule has 2 N–H and O–H groups in total. The smallest absolute Gasteiger partial charge is 0.235 e. The third-order valence-corrected chi connectivity index (χ3v) is 7.91. The minimum absolute atomic E-state index is 0.00251. The third kappa shape index (κ3) is 12.6. The standard InChI is InChI=1S/C14H14N2OS2.C9H12N2OS2/c1-11-5-7-12(8-6-11)16-13(17)10-18-19-14-4-2-3-9-15-14;1-2-10-8(12)7-13-14-9-5-3-4-6-11-9/h2-9H,10H2,1H3,(H,16,17);3-6H,2,7H2,1H3,(H,10,12). The zero-order valence-electron chi connectivity index (χ0n) is 18.4. The predicted octanol–water partition coefficient (Wildman–Crippen LogP) is 5.73. The van der Waals surface area contributed by atoms with Crippen LogP contribution >= 0.6 is 43.2 Å². The highest BCUT2D eigenvalue weighted by molar-refractivity contribution is 8.77. The van der Waals surface area contributed by atoms with E-state index < -0.39 is 0 Å². The van der Waals surface area contributed by atoms with Crippen molar-refractivity contribution in [2.75, 3.05) is 23.4 Å². The van der Waals surface area contributed by atoms with E-state index in [2.05, 4.69) is 20.6 Å². The van der Waals surface area contributed by atoms with E-state index in [-0.39, 0.29) is 11.8 Å². The number of pyridine rings is 2. The van der Waals surface area contributed by atoms with E-state index in [4.69, 9.17) is 0 Å². The number of aromatic nitrogens is 2. The normalized spacial score (nSPS) is 10.0. The highest BCUT2D eigenvalue weighted by Crippen LogP contribution is 2.29. The molecule has 0 spiro atoms. The number of hydrogen-bond acceptors (Lipinski definition) is 8. The summed E-state index contributed by atoms with van der Waals surface area (Å²) >= 11 is 0. The molecule has 2 aromatic heterocycles. The number of anilines is 1. The van der Waals surface area contributed by atoms with E-state index >= 15 is 0 Å². The first-order chi connectivity index (χ1) is 16.1. The lowest BCUT2D eigenvalue weighted by molar-refractivity contribution is -0.118. The van der Waals surface area contributed by atoms with Crippen molar-refractivity contribution in [2.24, 2.45) is 0 Å². The molecule has 0 aliphatic rings. The molecule has 3 aromatic rings. The Kier molecular flexibility index (Phi) is 13.5. The van der Waals surface area contributed by atoms with Gasteiger partial charge in [-0.15, -0.1) is 0 Å². The molecule has 0 aliphatic carbocycles. The van der Waals surface area contributed by atoms with Crippen LogP contribution in [0.3, 0.4) is 0 Å². The fraction of sp³-hybridized carbons (Fsp3) is 0.217. The summed E-state index contributed by atoms with van der Waals surface area (Å²) in [6.07, 6.45) is 3.49. The topological polar surface area (TPSA) is 84.0 Å². The Morgan fingerprint density at radius 2 is 1.33 bits per heavy atom. The Bertz CT molecular complexity index is 961. The Morgan fingerprint density at radius 1 is 0.788 bits per heavy atom. The van der Waals surface area contributed by atoms with Crippen LogP contribution in [0.4, 0.5) is 5.69 Å². The van der Waals surface area contributed by atoms with Crippen molar-refractivity contribution in [3.05, 3.63) is 78.6 Å². The molecule has 10 heteroatoms. The lowest BCUT2D eigenvalue weighted by atomic mass is 10.2. The average Bonchev–Trinajstić information content (AvgIpc) is 2.83. The second-order valence-electron chi connectivity index (χ2n) is 6.39. The number of benzene rings is 1. The van der Waals surface area contributed by atoms with Gasteiger partial charge in [0.05, 0.1) is 11.5 Å². The van der Waals surface area contributed by atoms with E-state index in [0.29, 0.717) is 18.1 Å². The lowest BCUT2D eigenvalue weighted by Crippen LogP contribution is -2.24. The molecule has 0 unspecified atom stereocenters. The number of amides is 2. The fourth-order valence-corrected chi connectivity index (χ4v) is 5.70. The van der Waals surface area contributed by atoms with Crippen LogP contribution in [0.15, 0.2) is 83.1 Å². The summed E-state index contributed by atoms with van der Waals surface area (Å²) in [6, 6.07) is 19.2. The van der Waals surface area contributed by atoms with Gasteiger partial charge in [-0.1, -0.05) is 51.4 Å². The van der Waals surface area contributed by atoms with Gasteiger partial charge < -0.3 is 10.6 Å². The molecule has 174 valence electrons. The summed E-state index contributed by atoms with van der Waals surface area (Å²) in [4.78, 5) is 31.1. The maximum atomic E-state index is 11.7. The first kappa shape index (κ1) is 27.1. The number of rotatable bonds is 10. The number of nitrogens with zero attached hydrogens (tertiary/aromatic N) is 2. The zero-order valence-corrected chi connectivity index (χ0v) is 21.7. The maximum Gasteiger partial charge on any atom is 0.235 e. The summed E-state index contributed by atoms with van der Waals surface area (Å²) in [5.41, 5.74) is 2.01. The number of carbonyl (C=O) groups excluding carboxylic acids is 2. The molecule has 0 atom stereocenters. The Hall–Kier alpha value is -2.14. The number of hydrogen-bond donors (Lipinski definition) is 2. The fourth-order valence-electron chi connectivity index (χ4n) is 2.16. The van der Waals surface area contributed by atoms with Crippen LogP contribution < -0.4 is 10.6 Å². The Morgan fingerprint density at radius 3 is 1.82 bits per heavy atom. The van der Waals surface area contributed by atoms with E-state index in [1.54, 1.807) is 12.4 Å². The van der Waals surface area contributed by atoms with Gasteiger partial charge in [0.2, 0.25) is 11.8 Å². The molecule has 33 heavy (non-hydrogen) atoms. The molecule has 0 fully saturated rings. The van der Waals surface area contributed by atoms with Gasteiger partial charge in [0, 0.05) is 24.6 Å². The summed E-state index contributed by atoms with van der Waals surface area (Å²) in [5.74, 6) is 0.933. The van der Waals surface area contributed by atoms with Crippen molar-refractivity contribution in [2.45, 2.75) is 23.9 Å². The van der Waals surface area contributed by atoms with Gasteiger partial charge in [-0.05, 0) is 71.8 Å². The average molecular weight is 519 g/mol. The van der Waals surface area contributed by atoms with Gasteiger partial charge in [-0.25, -0.2) is 9.97 Å². The summed E-state index contributed by atoms with van der Waals surface area (Å²) < 4.78 is 0. The summed E-state index contributed by atoms with van der Waals surface area (Å²) in [5, 5.41) is 7.45. The molecule has 0 saturated heterocycles. The molecule has 1 aromatic carbocycles. The quantitative estimate of drug-likeness (QED) is 0.329. The van der Waals surface area contributed by atoms with Gasteiger partial charge in [-0.2, -0.15) is 0 Å². The maximum absolute atomic E-state index is 11.7. The molecule has 2 heterocycles. The van der Waals surface area contributed by atoms with Crippen molar-refractivity contribution < 1.29 is 9.59 Å². The molecule has 0 saturated carbocycles. The van der Waals surface area contributed by atoms with Crippen molar-refractivity contribution in [3.63, 3.8) is 0 Å². The lowest BCUT2D eigenvalue weighted by Gasteiger charge is -2.04. The van der Waals surface area contributed by atoms with Crippen LogP contribution in [0.2, 0.25) is 0 Å². The Balaban J connectivity index is 0.000000245. The van der Waals surface area contributed by atoms with Crippen LogP contribution in [0.1, 0.15) is 12.5 Å². The van der Waals surface area contributed by atoms with E-state index in [9.17, 15) is 9.59 Å². The van der Waals surface area contributed by atoms with Crippen LogP contribution in [0.5, 0.6) is 0 Å². The van der Waals surface area contributed by atoms with Crippen molar-refractivity contribution in [3.8, 4) is 0 Å². The molecule has 0 aliphatic heterocycles. The predicted molar refractivity (Wildman–Crippen MR) is 144 cm³/mol. The van der Waals surface area contributed by atoms with Crippen LogP contribution in [-0.4, -0.2) is 39.8 Å². The summed E-state index contributed by atoms with van der Waals surface area (Å²) in [6.45, 7) is 4.62. The molecule has 2 amide bonds. The zero-order chi connectivity index (χ0) is 23.7. The van der Waals surface area contributed by atoms with Gasteiger partial charge in [0.25, 0.3) is 0 Å². The van der Waals surface area contributed by atoms with Crippen molar-refractivity contribution in [1.29, 1.82) is 0 Å². The van der Waals surface area contributed by atoms with E-state index in [1.165, 1.54) is 48.7 Å². The van der Waals surface area contributed by atoms with E-state index in [1.807, 2.05) is 74.5 Å². The summed E-state index contributed by atoms with van der Waals surface area (Å²) in [7, 11) is 6.00. The SMILES string of the molecule is CCNC(=O)CSSc1ccccn1.Cc1ccc(NC(=O)CSSc2ccccn2)cc1. The molecule has 6 nitrogen and oxygen atoms in total. The van der Waals surface area contributed by atoms with Crippen LogP contribution in [0.25, 0.3) is 0 Å². The first-order valence-electron chi connectivity index (χ1n) is 10.1. The van der Waals surface area contributed by atoms with E-state index in [0.717, 1.165) is 15.7 Å². The number of nitrogens with one attached hydrogen (secondary N) is 2. The van der Waals surface area contributed by atoms with Gasteiger partial charge in [0.15, 0.2) is 0 Å². The van der Waals surface area contributed by atoms with Gasteiger partial charge in [0.1, 0.15) is 10.1 Å². The Labute approximate surface area is 210 Å². The monoisotopic (exact) mass is 518 g/mol. The highest BCUT2D eigenvalue weighted by Gasteiger charge is 2.04. The van der Waals surface area contributed by atoms with Gasteiger partial charge >= 0.3 is 0 Å². The van der Waals surface area contributed by atoms with Crippen molar-refractivity contribution >= 4 is 60.7 Å².